The highest BCUT2D eigenvalue weighted by molar-refractivity contribution is 5.92. The summed E-state index contributed by atoms with van der Waals surface area (Å²) in [6, 6.07) is 11.7. The van der Waals surface area contributed by atoms with Crippen LogP contribution in [0.25, 0.3) is 11.3 Å². The number of carbonyl (C=O) groups is 1. The van der Waals surface area contributed by atoms with Crippen LogP contribution in [0.2, 0.25) is 0 Å². The van der Waals surface area contributed by atoms with Gasteiger partial charge >= 0.3 is 5.97 Å². The number of hydrogen-bond acceptors (Lipinski definition) is 6. The highest BCUT2D eigenvalue weighted by Gasteiger charge is 2.19. The minimum Gasteiger partial charge on any atom is -0.455 e. The molecule has 0 spiro atoms. The highest BCUT2D eigenvalue weighted by Crippen LogP contribution is 2.24. The normalized spacial score (nSPS) is 10.5. The van der Waals surface area contributed by atoms with Gasteiger partial charge in [-0.3, -0.25) is 10.1 Å². The lowest BCUT2D eigenvalue weighted by Crippen LogP contribution is -2.08. The molecular weight excluding hydrogens is 343 g/mol. The Morgan fingerprint density at radius 3 is 2.77 bits per heavy atom. The number of rotatable bonds is 5. The lowest BCUT2D eigenvalue weighted by Gasteiger charge is -2.05. The predicted molar refractivity (Wildman–Crippen MR) is 88.8 cm³/mol. The van der Waals surface area contributed by atoms with E-state index in [0.717, 1.165) is 0 Å². The summed E-state index contributed by atoms with van der Waals surface area (Å²) < 4.78 is 23.9. The fraction of sp³-hybridized carbons (Fsp3) is 0.111. The molecule has 3 aromatic rings. The molecule has 26 heavy (non-hydrogen) atoms. The molecule has 0 saturated heterocycles. The van der Waals surface area contributed by atoms with Crippen LogP contribution < -0.4 is 0 Å². The van der Waals surface area contributed by atoms with E-state index in [9.17, 15) is 19.3 Å². The maximum absolute atomic E-state index is 13.7. The van der Waals surface area contributed by atoms with Crippen molar-refractivity contribution in [2.45, 2.75) is 13.5 Å². The number of nitrogens with zero attached hydrogens (tertiary/aromatic N) is 2. The standard InChI is InChI=1S/C18H13FN2O5/c1-11-13(6-4-8-16(11)21(23)24)18(22)25-10-12-9-17(26-20-12)14-5-2-3-7-15(14)19/h2-9H,10H2,1H3. The Morgan fingerprint density at radius 1 is 1.27 bits per heavy atom. The second-order valence-electron chi connectivity index (χ2n) is 5.45. The first-order chi connectivity index (χ1) is 12.5. The summed E-state index contributed by atoms with van der Waals surface area (Å²) >= 11 is 0. The van der Waals surface area contributed by atoms with Crippen LogP contribution in [0.15, 0.2) is 53.1 Å². The molecule has 0 N–H and O–H groups in total. The summed E-state index contributed by atoms with van der Waals surface area (Å²) in [4.78, 5) is 22.6. The minimum absolute atomic E-state index is 0.0945. The van der Waals surface area contributed by atoms with E-state index in [2.05, 4.69) is 5.16 Å². The van der Waals surface area contributed by atoms with Crippen molar-refractivity contribution in [1.82, 2.24) is 5.16 Å². The van der Waals surface area contributed by atoms with Crippen LogP contribution in [0.5, 0.6) is 0 Å². The number of hydrogen-bond donors (Lipinski definition) is 0. The number of nitro benzene ring substituents is 1. The van der Waals surface area contributed by atoms with E-state index in [-0.39, 0.29) is 34.7 Å². The zero-order valence-corrected chi connectivity index (χ0v) is 13.6. The number of aromatic nitrogens is 1. The molecule has 1 heterocycles. The van der Waals surface area contributed by atoms with E-state index in [1.807, 2.05) is 0 Å². The van der Waals surface area contributed by atoms with E-state index >= 15 is 0 Å². The van der Waals surface area contributed by atoms with Crippen LogP contribution in [0.1, 0.15) is 21.6 Å². The van der Waals surface area contributed by atoms with Crippen molar-refractivity contribution in [3.63, 3.8) is 0 Å². The molecule has 3 rings (SSSR count). The molecule has 0 aliphatic rings. The highest BCUT2D eigenvalue weighted by atomic mass is 19.1. The fourth-order valence-corrected chi connectivity index (χ4v) is 2.43. The van der Waals surface area contributed by atoms with Crippen molar-refractivity contribution in [3.8, 4) is 11.3 Å². The molecule has 0 bridgehead atoms. The van der Waals surface area contributed by atoms with Crippen molar-refractivity contribution >= 4 is 11.7 Å². The van der Waals surface area contributed by atoms with Gasteiger partial charge in [-0.05, 0) is 25.1 Å². The maximum atomic E-state index is 13.7. The van der Waals surface area contributed by atoms with Gasteiger partial charge in [0.15, 0.2) is 5.76 Å². The smallest absolute Gasteiger partial charge is 0.339 e. The molecule has 0 aliphatic heterocycles. The van der Waals surface area contributed by atoms with Crippen LogP contribution in [0.4, 0.5) is 10.1 Å². The Balaban J connectivity index is 1.72. The zero-order chi connectivity index (χ0) is 18.7. The van der Waals surface area contributed by atoms with Crippen molar-refractivity contribution in [3.05, 3.63) is 81.3 Å². The monoisotopic (exact) mass is 356 g/mol. The van der Waals surface area contributed by atoms with Crippen LogP contribution in [0, 0.1) is 22.9 Å². The Morgan fingerprint density at radius 2 is 2.04 bits per heavy atom. The Bertz CT molecular complexity index is 983. The van der Waals surface area contributed by atoms with Crippen LogP contribution in [-0.4, -0.2) is 16.0 Å². The van der Waals surface area contributed by atoms with Gasteiger partial charge in [-0.2, -0.15) is 0 Å². The van der Waals surface area contributed by atoms with Gasteiger partial charge in [-0.1, -0.05) is 23.4 Å². The summed E-state index contributed by atoms with van der Waals surface area (Å²) in [7, 11) is 0. The number of benzene rings is 2. The number of halogens is 1. The largest absolute Gasteiger partial charge is 0.455 e. The summed E-state index contributed by atoms with van der Waals surface area (Å²) in [6.45, 7) is 1.26. The predicted octanol–water partition coefficient (Wildman–Crippen LogP) is 4.05. The number of esters is 1. The van der Waals surface area contributed by atoms with Gasteiger partial charge in [0.1, 0.15) is 18.1 Å². The van der Waals surface area contributed by atoms with Crippen molar-refractivity contribution in [1.29, 1.82) is 0 Å². The molecule has 0 fully saturated rings. The molecule has 0 aliphatic carbocycles. The first kappa shape index (κ1) is 17.3. The lowest BCUT2D eigenvalue weighted by molar-refractivity contribution is -0.385. The number of nitro groups is 1. The first-order valence-electron chi connectivity index (χ1n) is 7.59. The molecule has 0 radical (unpaired) electrons. The van der Waals surface area contributed by atoms with Gasteiger partial charge in [0.05, 0.1) is 16.1 Å². The summed E-state index contributed by atoms with van der Waals surface area (Å²) in [5, 5.41) is 14.7. The Kier molecular flexibility index (Phi) is 4.74. The third-order valence-corrected chi connectivity index (χ3v) is 3.77. The molecule has 132 valence electrons. The van der Waals surface area contributed by atoms with Gasteiger partial charge in [-0.25, -0.2) is 9.18 Å². The van der Waals surface area contributed by atoms with E-state index in [1.54, 1.807) is 12.1 Å². The topological polar surface area (TPSA) is 95.5 Å². The van der Waals surface area contributed by atoms with Gasteiger partial charge in [0, 0.05) is 17.7 Å². The molecule has 8 heteroatoms. The number of carbonyl (C=O) groups excluding carboxylic acids is 1. The summed E-state index contributed by atoms with van der Waals surface area (Å²) in [5.41, 5.74) is 0.682. The van der Waals surface area contributed by atoms with Gasteiger partial charge in [0.2, 0.25) is 0 Å². The van der Waals surface area contributed by atoms with Crippen LogP contribution in [0.3, 0.4) is 0 Å². The second kappa shape index (κ2) is 7.14. The molecular formula is C18H13FN2O5. The Hall–Kier alpha value is -3.55. The van der Waals surface area contributed by atoms with Crippen molar-refractivity contribution in [2.24, 2.45) is 0 Å². The molecule has 2 aromatic carbocycles. The lowest BCUT2D eigenvalue weighted by atomic mass is 10.1. The molecule has 1 aromatic heterocycles. The molecule has 0 unspecified atom stereocenters. The van der Waals surface area contributed by atoms with Crippen LogP contribution >= 0.6 is 0 Å². The summed E-state index contributed by atoms with van der Waals surface area (Å²) in [6.07, 6.45) is 0. The van der Waals surface area contributed by atoms with Crippen LogP contribution in [-0.2, 0) is 11.3 Å². The average Bonchev–Trinajstić information content (AvgIpc) is 3.08. The van der Waals surface area contributed by atoms with Gasteiger partial charge < -0.3 is 9.26 Å². The quantitative estimate of drug-likeness (QED) is 0.389. The molecule has 0 amide bonds. The first-order valence-corrected chi connectivity index (χ1v) is 7.59. The third kappa shape index (κ3) is 3.44. The average molecular weight is 356 g/mol. The molecule has 0 atom stereocenters. The van der Waals surface area contributed by atoms with Gasteiger partial charge in [0.25, 0.3) is 5.69 Å². The van der Waals surface area contributed by atoms with Crippen molar-refractivity contribution in [2.75, 3.05) is 0 Å². The van der Waals surface area contributed by atoms with Crippen molar-refractivity contribution < 1.29 is 23.4 Å². The maximum Gasteiger partial charge on any atom is 0.339 e. The SMILES string of the molecule is Cc1c(C(=O)OCc2cc(-c3ccccc3F)on2)cccc1[N+](=O)[O-]. The Labute approximate surface area is 147 Å². The molecule has 7 nitrogen and oxygen atoms in total. The zero-order valence-electron chi connectivity index (χ0n) is 13.6. The van der Waals surface area contributed by atoms with E-state index in [4.69, 9.17) is 9.26 Å². The fourth-order valence-electron chi connectivity index (χ4n) is 2.43. The van der Waals surface area contributed by atoms with E-state index in [0.29, 0.717) is 5.69 Å². The van der Waals surface area contributed by atoms with E-state index < -0.39 is 16.7 Å². The second-order valence-corrected chi connectivity index (χ2v) is 5.45. The van der Waals surface area contributed by atoms with Gasteiger partial charge in [-0.15, -0.1) is 0 Å². The van der Waals surface area contributed by atoms with E-state index in [1.165, 1.54) is 43.3 Å². The minimum atomic E-state index is -0.721. The summed E-state index contributed by atoms with van der Waals surface area (Å²) in [5.74, 6) is -0.971. The third-order valence-electron chi connectivity index (χ3n) is 3.77. The number of ether oxygens (including phenoxy) is 1. The molecule has 0 saturated carbocycles.